The molecular weight excluding hydrogens is 248 g/mol. The summed E-state index contributed by atoms with van der Waals surface area (Å²) in [6, 6.07) is 3.17. The SMILES string of the molecule is N#CC(N)(CN1CCC(N2CCCCC2)CC1)C1CC1. The van der Waals surface area contributed by atoms with Crippen molar-refractivity contribution in [1.82, 2.24) is 9.80 Å². The topological polar surface area (TPSA) is 56.3 Å². The molecule has 0 radical (unpaired) electrons. The lowest BCUT2D eigenvalue weighted by atomic mass is 9.93. The summed E-state index contributed by atoms with van der Waals surface area (Å²) in [6.45, 7) is 5.61. The van der Waals surface area contributed by atoms with Gasteiger partial charge in [0.15, 0.2) is 0 Å². The lowest BCUT2D eigenvalue weighted by molar-refractivity contribution is 0.0843. The van der Waals surface area contributed by atoms with Crippen molar-refractivity contribution in [2.75, 3.05) is 32.7 Å². The summed E-state index contributed by atoms with van der Waals surface area (Å²) in [7, 11) is 0. The highest BCUT2D eigenvalue weighted by Crippen LogP contribution is 2.38. The Balaban J connectivity index is 1.47. The van der Waals surface area contributed by atoms with Gasteiger partial charge in [0, 0.05) is 12.6 Å². The molecule has 1 unspecified atom stereocenters. The summed E-state index contributed by atoms with van der Waals surface area (Å²) in [4.78, 5) is 5.13. The normalized spacial score (nSPS) is 29.8. The number of hydrogen-bond donors (Lipinski definition) is 1. The number of hydrogen-bond acceptors (Lipinski definition) is 4. The number of rotatable bonds is 4. The van der Waals surface area contributed by atoms with E-state index in [2.05, 4.69) is 15.9 Å². The third-order valence-electron chi connectivity index (χ3n) is 5.46. The Bertz CT molecular complexity index is 359. The Kier molecular flexibility index (Phi) is 4.30. The Morgan fingerprint density at radius 1 is 1.00 bits per heavy atom. The molecule has 0 aromatic carbocycles. The zero-order valence-electron chi connectivity index (χ0n) is 12.6. The Hall–Kier alpha value is -0.630. The average molecular weight is 276 g/mol. The van der Waals surface area contributed by atoms with Crippen LogP contribution in [0.5, 0.6) is 0 Å². The van der Waals surface area contributed by atoms with Crippen LogP contribution in [0, 0.1) is 17.2 Å². The van der Waals surface area contributed by atoms with Gasteiger partial charge in [-0.3, -0.25) is 0 Å². The lowest BCUT2D eigenvalue weighted by Gasteiger charge is -2.41. The number of piperidine rings is 2. The molecule has 0 amide bonds. The fourth-order valence-electron chi connectivity index (χ4n) is 3.95. The fraction of sp³-hybridized carbons (Fsp3) is 0.938. The smallest absolute Gasteiger partial charge is 0.119 e. The molecule has 2 saturated heterocycles. The molecule has 20 heavy (non-hydrogen) atoms. The second-order valence-corrected chi connectivity index (χ2v) is 7.03. The molecule has 0 spiro atoms. The van der Waals surface area contributed by atoms with Crippen LogP contribution in [0.1, 0.15) is 44.9 Å². The van der Waals surface area contributed by atoms with Crippen LogP contribution in [0.25, 0.3) is 0 Å². The Morgan fingerprint density at radius 3 is 2.20 bits per heavy atom. The van der Waals surface area contributed by atoms with Crippen molar-refractivity contribution in [2.24, 2.45) is 11.7 Å². The first-order valence-electron chi connectivity index (χ1n) is 8.38. The van der Waals surface area contributed by atoms with Gasteiger partial charge in [0.25, 0.3) is 0 Å². The Labute approximate surface area is 122 Å². The molecule has 0 bridgehead atoms. The molecule has 1 atom stereocenters. The van der Waals surface area contributed by atoms with Crippen molar-refractivity contribution >= 4 is 0 Å². The first kappa shape index (κ1) is 14.3. The zero-order valence-corrected chi connectivity index (χ0v) is 12.6. The fourth-order valence-corrected chi connectivity index (χ4v) is 3.95. The number of nitriles is 1. The summed E-state index contributed by atoms with van der Waals surface area (Å²) < 4.78 is 0. The summed E-state index contributed by atoms with van der Waals surface area (Å²) in [6.07, 6.45) is 8.97. The van der Waals surface area contributed by atoms with Crippen molar-refractivity contribution < 1.29 is 0 Å². The molecule has 0 aromatic rings. The predicted octanol–water partition coefficient (Wildman–Crippen LogP) is 1.57. The Morgan fingerprint density at radius 2 is 1.65 bits per heavy atom. The van der Waals surface area contributed by atoms with Gasteiger partial charge in [-0.15, -0.1) is 0 Å². The van der Waals surface area contributed by atoms with Crippen LogP contribution in [0.2, 0.25) is 0 Å². The van der Waals surface area contributed by atoms with Gasteiger partial charge in [-0.1, -0.05) is 6.42 Å². The second kappa shape index (κ2) is 6.01. The van der Waals surface area contributed by atoms with Gasteiger partial charge >= 0.3 is 0 Å². The summed E-state index contributed by atoms with van der Waals surface area (Å²) in [5.41, 5.74) is 5.71. The van der Waals surface area contributed by atoms with Gasteiger partial charge in [0.2, 0.25) is 0 Å². The van der Waals surface area contributed by atoms with E-state index >= 15 is 0 Å². The highest BCUT2D eigenvalue weighted by Gasteiger charge is 2.44. The molecule has 3 aliphatic rings. The van der Waals surface area contributed by atoms with Crippen molar-refractivity contribution in [2.45, 2.75) is 56.5 Å². The molecule has 4 heteroatoms. The summed E-state index contributed by atoms with van der Waals surface area (Å²) in [5, 5.41) is 9.37. The van der Waals surface area contributed by atoms with Gasteiger partial charge in [-0.25, -0.2) is 0 Å². The molecule has 3 rings (SSSR count). The maximum absolute atomic E-state index is 9.37. The maximum atomic E-state index is 9.37. The van der Waals surface area contributed by atoms with Crippen molar-refractivity contribution in [1.29, 1.82) is 5.26 Å². The van der Waals surface area contributed by atoms with Crippen LogP contribution >= 0.6 is 0 Å². The molecule has 2 aliphatic heterocycles. The van der Waals surface area contributed by atoms with Crippen LogP contribution in [0.15, 0.2) is 0 Å². The summed E-state index contributed by atoms with van der Waals surface area (Å²) in [5.74, 6) is 0.451. The molecule has 112 valence electrons. The molecule has 1 saturated carbocycles. The monoisotopic (exact) mass is 276 g/mol. The van der Waals surface area contributed by atoms with Gasteiger partial charge in [0.05, 0.1) is 6.07 Å². The van der Waals surface area contributed by atoms with E-state index < -0.39 is 5.54 Å². The molecule has 2 heterocycles. The number of likely N-dealkylation sites (tertiary alicyclic amines) is 2. The quantitative estimate of drug-likeness (QED) is 0.847. The van der Waals surface area contributed by atoms with E-state index in [0.717, 1.165) is 38.5 Å². The highest BCUT2D eigenvalue weighted by molar-refractivity contribution is 5.15. The number of nitrogens with two attached hydrogens (primary N) is 1. The van der Waals surface area contributed by atoms with Crippen LogP contribution < -0.4 is 5.73 Å². The molecule has 3 fully saturated rings. The van der Waals surface area contributed by atoms with Gasteiger partial charge in [0.1, 0.15) is 5.54 Å². The van der Waals surface area contributed by atoms with Crippen LogP contribution in [-0.2, 0) is 0 Å². The lowest BCUT2D eigenvalue weighted by Crippen LogP contribution is -2.54. The first-order valence-corrected chi connectivity index (χ1v) is 8.38. The molecule has 4 nitrogen and oxygen atoms in total. The molecule has 1 aliphatic carbocycles. The minimum absolute atomic E-state index is 0.451. The minimum Gasteiger partial charge on any atom is -0.312 e. The molecular formula is C16H28N4. The van der Waals surface area contributed by atoms with E-state index in [1.54, 1.807) is 0 Å². The predicted molar refractivity (Wildman–Crippen MR) is 80.1 cm³/mol. The second-order valence-electron chi connectivity index (χ2n) is 7.03. The van der Waals surface area contributed by atoms with Crippen molar-refractivity contribution in [3.8, 4) is 6.07 Å². The van der Waals surface area contributed by atoms with E-state index in [4.69, 9.17) is 5.73 Å². The third-order valence-corrected chi connectivity index (χ3v) is 5.46. The van der Waals surface area contributed by atoms with E-state index in [1.165, 1.54) is 45.2 Å². The van der Waals surface area contributed by atoms with Crippen LogP contribution in [0.4, 0.5) is 0 Å². The number of nitrogens with zero attached hydrogens (tertiary/aromatic N) is 3. The van der Waals surface area contributed by atoms with E-state index in [9.17, 15) is 5.26 Å². The van der Waals surface area contributed by atoms with Crippen molar-refractivity contribution in [3.63, 3.8) is 0 Å². The molecule has 0 aromatic heterocycles. The zero-order chi connectivity index (χ0) is 14.0. The van der Waals surface area contributed by atoms with Crippen LogP contribution in [-0.4, -0.2) is 54.1 Å². The third kappa shape index (κ3) is 3.16. The maximum Gasteiger partial charge on any atom is 0.119 e. The van der Waals surface area contributed by atoms with Crippen LogP contribution in [0.3, 0.4) is 0 Å². The largest absolute Gasteiger partial charge is 0.312 e. The average Bonchev–Trinajstić information content (AvgIpc) is 3.34. The van der Waals surface area contributed by atoms with E-state index in [1.807, 2.05) is 0 Å². The first-order chi connectivity index (χ1) is 9.71. The molecule has 2 N–H and O–H groups in total. The van der Waals surface area contributed by atoms with Gasteiger partial charge in [-0.05, 0) is 70.6 Å². The summed E-state index contributed by atoms with van der Waals surface area (Å²) >= 11 is 0. The van der Waals surface area contributed by atoms with Gasteiger partial charge in [-0.2, -0.15) is 5.26 Å². The highest BCUT2D eigenvalue weighted by atomic mass is 15.2. The van der Waals surface area contributed by atoms with E-state index in [0.29, 0.717) is 5.92 Å². The van der Waals surface area contributed by atoms with Crippen molar-refractivity contribution in [3.05, 3.63) is 0 Å². The minimum atomic E-state index is -0.585. The standard InChI is InChI=1S/C16H28N4/c17-12-16(18,14-4-5-14)13-19-10-6-15(7-11-19)20-8-2-1-3-9-20/h14-15H,1-11,13,18H2. The van der Waals surface area contributed by atoms with E-state index in [-0.39, 0.29) is 0 Å². The van der Waals surface area contributed by atoms with Gasteiger partial charge < -0.3 is 15.5 Å².